The quantitative estimate of drug-likeness (QED) is 0.911. The molecule has 0 spiro atoms. The predicted octanol–water partition coefficient (Wildman–Crippen LogP) is 2.76. The number of carbonyl (C=O) groups excluding carboxylic acids is 2. The zero-order chi connectivity index (χ0) is 15.4. The van der Waals surface area contributed by atoms with Crippen molar-refractivity contribution >= 4 is 29.1 Å². The third-order valence-electron chi connectivity index (χ3n) is 2.85. The van der Waals surface area contributed by atoms with Gasteiger partial charge in [-0.05, 0) is 36.4 Å². The molecule has 4 nitrogen and oxygen atoms in total. The summed E-state index contributed by atoms with van der Waals surface area (Å²) >= 11 is 5.86. The molecule has 108 valence electrons. The van der Waals surface area contributed by atoms with E-state index in [-0.39, 0.29) is 17.0 Å². The highest BCUT2D eigenvalue weighted by Gasteiger charge is 2.12. The summed E-state index contributed by atoms with van der Waals surface area (Å²) in [6.45, 7) is 0. The zero-order valence-electron chi connectivity index (χ0n) is 10.9. The molecule has 0 atom stereocenters. The summed E-state index contributed by atoms with van der Waals surface area (Å²) in [7, 11) is 0. The van der Waals surface area contributed by atoms with Crippen molar-refractivity contribution in [2.45, 2.75) is 6.42 Å². The summed E-state index contributed by atoms with van der Waals surface area (Å²) in [4.78, 5) is 22.8. The predicted molar refractivity (Wildman–Crippen MR) is 78.7 cm³/mol. The number of amides is 2. The Labute approximate surface area is 125 Å². The van der Waals surface area contributed by atoms with E-state index in [0.717, 1.165) is 0 Å². The van der Waals surface area contributed by atoms with Gasteiger partial charge in [-0.25, -0.2) is 4.39 Å². The maximum atomic E-state index is 13.6. The molecule has 0 aliphatic heterocycles. The molecule has 0 saturated carbocycles. The highest BCUT2D eigenvalue weighted by Crippen LogP contribution is 2.20. The summed E-state index contributed by atoms with van der Waals surface area (Å²) < 4.78 is 13.6. The molecule has 2 aromatic rings. The van der Waals surface area contributed by atoms with Gasteiger partial charge in [-0.2, -0.15) is 0 Å². The van der Waals surface area contributed by atoms with Gasteiger partial charge in [0.05, 0.1) is 6.42 Å². The van der Waals surface area contributed by atoms with Gasteiger partial charge in [0.2, 0.25) is 11.8 Å². The molecule has 0 unspecified atom stereocenters. The highest BCUT2D eigenvalue weighted by atomic mass is 35.5. The minimum atomic E-state index is -0.550. The van der Waals surface area contributed by atoms with Gasteiger partial charge < -0.3 is 11.1 Å². The number of carbonyl (C=O) groups is 2. The van der Waals surface area contributed by atoms with Crippen LogP contribution in [0.2, 0.25) is 5.02 Å². The van der Waals surface area contributed by atoms with Crippen LogP contribution >= 0.6 is 11.6 Å². The number of rotatable bonds is 4. The summed E-state index contributed by atoms with van der Waals surface area (Å²) in [6, 6.07) is 10.3. The van der Waals surface area contributed by atoms with Crippen LogP contribution < -0.4 is 11.1 Å². The van der Waals surface area contributed by atoms with Crippen LogP contribution in [0.15, 0.2) is 42.5 Å². The second-order valence-electron chi connectivity index (χ2n) is 4.37. The molecule has 0 heterocycles. The molecular weight excluding hydrogens is 295 g/mol. The normalized spacial score (nSPS) is 10.2. The van der Waals surface area contributed by atoms with E-state index in [0.29, 0.717) is 11.3 Å². The van der Waals surface area contributed by atoms with Crippen LogP contribution in [0.4, 0.5) is 10.1 Å². The molecule has 0 aromatic heterocycles. The number of hydrogen-bond donors (Lipinski definition) is 2. The number of benzene rings is 2. The van der Waals surface area contributed by atoms with Crippen molar-refractivity contribution < 1.29 is 14.0 Å². The Morgan fingerprint density at radius 2 is 1.81 bits per heavy atom. The summed E-state index contributed by atoms with van der Waals surface area (Å²) in [5.41, 5.74) is 6.08. The van der Waals surface area contributed by atoms with Gasteiger partial charge in [-0.15, -0.1) is 0 Å². The lowest BCUT2D eigenvalue weighted by molar-refractivity contribution is -0.115. The monoisotopic (exact) mass is 306 g/mol. The number of nitrogens with one attached hydrogen (secondary N) is 1. The lowest BCUT2D eigenvalue weighted by atomic mass is 10.1. The molecule has 0 aliphatic rings. The standard InChI is InChI=1S/C15H12ClFN2O2/c16-12-2-1-3-13(17)11(12)8-14(20)19-10-6-4-9(5-7-10)15(18)21/h1-7H,8H2,(H2,18,21)(H,19,20). The van der Waals surface area contributed by atoms with E-state index in [1.165, 1.54) is 30.3 Å². The van der Waals surface area contributed by atoms with Gasteiger partial charge in [0, 0.05) is 21.8 Å². The first-order valence-corrected chi connectivity index (χ1v) is 6.48. The highest BCUT2D eigenvalue weighted by molar-refractivity contribution is 6.31. The number of nitrogens with two attached hydrogens (primary N) is 1. The average Bonchev–Trinajstić information content (AvgIpc) is 2.43. The van der Waals surface area contributed by atoms with E-state index < -0.39 is 17.6 Å². The number of anilines is 1. The van der Waals surface area contributed by atoms with Gasteiger partial charge in [-0.3, -0.25) is 9.59 Å². The molecule has 0 saturated heterocycles. The molecule has 2 rings (SSSR count). The second-order valence-corrected chi connectivity index (χ2v) is 4.77. The van der Waals surface area contributed by atoms with Crippen LogP contribution in [0.1, 0.15) is 15.9 Å². The average molecular weight is 307 g/mol. The van der Waals surface area contributed by atoms with Gasteiger partial charge >= 0.3 is 0 Å². The Morgan fingerprint density at radius 1 is 1.14 bits per heavy atom. The SMILES string of the molecule is NC(=O)c1ccc(NC(=O)Cc2c(F)cccc2Cl)cc1. The van der Waals surface area contributed by atoms with E-state index >= 15 is 0 Å². The Kier molecular flexibility index (Phi) is 4.55. The van der Waals surface area contributed by atoms with Crippen molar-refractivity contribution in [1.82, 2.24) is 0 Å². The van der Waals surface area contributed by atoms with Gasteiger partial charge in [0.25, 0.3) is 0 Å². The van der Waals surface area contributed by atoms with Gasteiger partial charge in [-0.1, -0.05) is 17.7 Å². The van der Waals surface area contributed by atoms with Crippen molar-refractivity contribution in [3.63, 3.8) is 0 Å². The Morgan fingerprint density at radius 3 is 2.38 bits per heavy atom. The Hall–Kier alpha value is -2.40. The van der Waals surface area contributed by atoms with E-state index in [1.807, 2.05) is 0 Å². The largest absolute Gasteiger partial charge is 0.366 e. The molecular formula is C15H12ClFN2O2. The van der Waals surface area contributed by atoms with Crippen LogP contribution in [-0.2, 0) is 11.2 Å². The van der Waals surface area contributed by atoms with Crippen molar-refractivity contribution in [1.29, 1.82) is 0 Å². The van der Waals surface area contributed by atoms with Crippen molar-refractivity contribution in [3.8, 4) is 0 Å². The summed E-state index contributed by atoms with van der Waals surface area (Å²) in [5, 5.41) is 2.80. The third-order valence-corrected chi connectivity index (χ3v) is 3.21. The molecule has 2 aromatic carbocycles. The first-order chi connectivity index (χ1) is 9.97. The van der Waals surface area contributed by atoms with Crippen molar-refractivity contribution in [2.75, 3.05) is 5.32 Å². The van der Waals surface area contributed by atoms with Crippen LogP contribution in [0.5, 0.6) is 0 Å². The molecule has 21 heavy (non-hydrogen) atoms. The molecule has 3 N–H and O–H groups in total. The maximum Gasteiger partial charge on any atom is 0.248 e. The molecule has 0 fully saturated rings. The number of hydrogen-bond acceptors (Lipinski definition) is 2. The zero-order valence-corrected chi connectivity index (χ0v) is 11.7. The molecule has 0 aliphatic carbocycles. The van der Waals surface area contributed by atoms with Crippen LogP contribution in [0.3, 0.4) is 0 Å². The van der Waals surface area contributed by atoms with Gasteiger partial charge in [0.15, 0.2) is 0 Å². The fraction of sp³-hybridized carbons (Fsp3) is 0.0667. The third kappa shape index (κ3) is 3.79. The van der Waals surface area contributed by atoms with Crippen LogP contribution in [0, 0.1) is 5.82 Å². The number of primary amides is 1. The van der Waals surface area contributed by atoms with E-state index in [1.54, 1.807) is 12.1 Å². The lowest BCUT2D eigenvalue weighted by Crippen LogP contribution is -2.16. The topological polar surface area (TPSA) is 72.2 Å². The molecule has 6 heteroatoms. The fourth-order valence-electron chi connectivity index (χ4n) is 1.78. The van der Waals surface area contributed by atoms with Gasteiger partial charge in [0.1, 0.15) is 5.82 Å². The van der Waals surface area contributed by atoms with E-state index in [2.05, 4.69) is 5.32 Å². The first kappa shape index (κ1) is 15.0. The van der Waals surface area contributed by atoms with Crippen LogP contribution in [-0.4, -0.2) is 11.8 Å². The number of halogens is 2. The smallest absolute Gasteiger partial charge is 0.248 e. The van der Waals surface area contributed by atoms with Crippen molar-refractivity contribution in [3.05, 3.63) is 64.4 Å². The molecule has 0 radical (unpaired) electrons. The van der Waals surface area contributed by atoms with E-state index in [9.17, 15) is 14.0 Å². The van der Waals surface area contributed by atoms with E-state index in [4.69, 9.17) is 17.3 Å². The molecule has 0 bridgehead atoms. The fourth-order valence-corrected chi connectivity index (χ4v) is 2.01. The first-order valence-electron chi connectivity index (χ1n) is 6.10. The maximum absolute atomic E-state index is 13.6. The minimum absolute atomic E-state index is 0.144. The lowest BCUT2D eigenvalue weighted by Gasteiger charge is -2.08. The van der Waals surface area contributed by atoms with Crippen molar-refractivity contribution in [2.24, 2.45) is 5.73 Å². The minimum Gasteiger partial charge on any atom is -0.366 e. The van der Waals surface area contributed by atoms with Crippen LogP contribution in [0.25, 0.3) is 0 Å². The Bertz CT molecular complexity index is 666. The molecule has 2 amide bonds. The second kappa shape index (κ2) is 6.37. The summed E-state index contributed by atoms with van der Waals surface area (Å²) in [6.07, 6.45) is -0.178. The summed E-state index contributed by atoms with van der Waals surface area (Å²) in [5.74, 6) is -1.48. The Balaban J connectivity index is 2.06.